The van der Waals surface area contributed by atoms with Gasteiger partial charge >= 0.3 is 6.03 Å². The number of urea groups is 1. The molecule has 1 saturated carbocycles. The van der Waals surface area contributed by atoms with E-state index in [1.807, 2.05) is 29.9 Å². The minimum atomic E-state index is -0.0746. The van der Waals surface area contributed by atoms with Crippen LogP contribution in [0.5, 0.6) is 0 Å². The predicted octanol–water partition coefficient (Wildman–Crippen LogP) is 1.86. The number of nitrogens with zero attached hydrogens (tertiary/aromatic N) is 2. The van der Waals surface area contributed by atoms with Crippen molar-refractivity contribution < 1.29 is 9.53 Å². The number of morpholine rings is 1. The first-order chi connectivity index (χ1) is 11.7. The number of hydrogen-bond donors (Lipinski definition) is 2. The third-order valence-corrected chi connectivity index (χ3v) is 5.53. The summed E-state index contributed by atoms with van der Waals surface area (Å²) in [6.45, 7) is 4.86. The van der Waals surface area contributed by atoms with Crippen LogP contribution in [0.4, 0.5) is 4.79 Å². The van der Waals surface area contributed by atoms with E-state index in [-0.39, 0.29) is 11.6 Å². The van der Waals surface area contributed by atoms with Gasteiger partial charge in [-0.2, -0.15) is 0 Å². The molecule has 6 heteroatoms. The first kappa shape index (κ1) is 17.3. The zero-order valence-corrected chi connectivity index (χ0v) is 14.7. The molecule has 2 aliphatic rings. The second-order valence-electron chi connectivity index (χ2n) is 7.03. The van der Waals surface area contributed by atoms with E-state index in [1.165, 1.54) is 32.1 Å². The molecule has 0 bridgehead atoms. The second-order valence-corrected chi connectivity index (χ2v) is 7.03. The highest BCUT2D eigenvalue weighted by Gasteiger charge is 2.38. The van der Waals surface area contributed by atoms with Crippen LogP contribution in [0.1, 0.15) is 37.8 Å². The molecule has 2 amide bonds. The number of aromatic nitrogens is 1. The molecule has 0 radical (unpaired) electrons. The van der Waals surface area contributed by atoms with Crippen LogP contribution >= 0.6 is 0 Å². The largest absolute Gasteiger partial charge is 0.379 e. The topological polar surface area (TPSA) is 58.5 Å². The van der Waals surface area contributed by atoms with Crippen LogP contribution in [-0.4, -0.2) is 53.9 Å². The highest BCUT2D eigenvalue weighted by Crippen LogP contribution is 2.33. The van der Waals surface area contributed by atoms with E-state index >= 15 is 0 Å². The normalized spacial score (nSPS) is 21.4. The molecule has 0 unspecified atom stereocenters. The van der Waals surface area contributed by atoms with E-state index < -0.39 is 0 Å². The Kier molecular flexibility index (Phi) is 5.79. The summed E-state index contributed by atoms with van der Waals surface area (Å²) in [4.78, 5) is 14.8. The number of nitrogens with one attached hydrogen (secondary N) is 2. The highest BCUT2D eigenvalue weighted by molar-refractivity contribution is 5.73. The molecule has 0 aromatic carbocycles. The van der Waals surface area contributed by atoms with Crippen LogP contribution in [0.15, 0.2) is 18.3 Å². The fraction of sp³-hybridized carbons (Fsp3) is 0.722. The Morgan fingerprint density at radius 1 is 1.21 bits per heavy atom. The molecule has 2 fully saturated rings. The van der Waals surface area contributed by atoms with Gasteiger partial charge in [-0.3, -0.25) is 4.90 Å². The maximum Gasteiger partial charge on any atom is 0.315 e. The maximum atomic E-state index is 12.2. The fourth-order valence-electron chi connectivity index (χ4n) is 4.01. The lowest BCUT2D eigenvalue weighted by molar-refractivity contribution is -0.0357. The van der Waals surface area contributed by atoms with Gasteiger partial charge in [0.1, 0.15) is 0 Å². The minimum Gasteiger partial charge on any atom is -0.379 e. The van der Waals surface area contributed by atoms with Crippen molar-refractivity contribution in [3.63, 3.8) is 0 Å². The Morgan fingerprint density at radius 3 is 2.62 bits per heavy atom. The molecule has 2 N–H and O–H groups in total. The van der Waals surface area contributed by atoms with Gasteiger partial charge < -0.3 is 19.9 Å². The average Bonchev–Trinajstić information content (AvgIpc) is 3.05. The Morgan fingerprint density at radius 2 is 1.96 bits per heavy atom. The minimum absolute atomic E-state index is 0.0746. The third kappa shape index (κ3) is 4.11. The van der Waals surface area contributed by atoms with Crippen LogP contribution in [0.3, 0.4) is 0 Å². The molecule has 24 heavy (non-hydrogen) atoms. The van der Waals surface area contributed by atoms with Gasteiger partial charge in [-0.05, 0) is 25.0 Å². The number of carbonyl (C=O) groups excluding carboxylic acids is 1. The van der Waals surface area contributed by atoms with Crippen molar-refractivity contribution in [1.82, 2.24) is 20.1 Å². The van der Waals surface area contributed by atoms with Crippen molar-refractivity contribution >= 4 is 6.03 Å². The summed E-state index contributed by atoms with van der Waals surface area (Å²) < 4.78 is 7.53. The number of rotatable bonds is 5. The number of aryl methyl sites for hydroxylation is 1. The van der Waals surface area contributed by atoms with Gasteiger partial charge in [0.25, 0.3) is 0 Å². The molecule has 0 atom stereocenters. The van der Waals surface area contributed by atoms with Crippen molar-refractivity contribution in [2.75, 3.05) is 32.8 Å². The van der Waals surface area contributed by atoms with Gasteiger partial charge in [0.2, 0.25) is 0 Å². The van der Waals surface area contributed by atoms with Crippen LogP contribution in [0.2, 0.25) is 0 Å². The van der Waals surface area contributed by atoms with Gasteiger partial charge in [0.05, 0.1) is 19.8 Å². The number of ether oxygens (including phenoxy) is 1. The summed E-state index contributed by atoms with van der Waals surface area (Å²) in [7, 11) is 1.99. The number of amides is 2. The smallest absolute Gasteiger partial charge is 0.315 e. The molecule has 0 spiro atoms. The number of carbonyl (C=O) groups is 1. The summed E-state index contributed by atoms with van der Waals surface area (Å²) in [5, 5.41) is 6.10. The molecule has 134 valence electrons. The summed E-state index contributed by atoms with van der Waals surface area (Å²) in [5.41, 5.74) is 1.22. The molecule has 1 aliphatic carbocycles. The zero-order valence-electron chi connectivity index (χ0n) is 14.7. The lowest BCUT2D eigenvalue weighted by Gasteiger charge is -2.48. The van der Waals surface area contributed by atoms with E-state index in [0.717, 1.165) is 38.5 Å². The van der Waals surface area contributed by atoms with Crippen molar-refractivity contribution in [2.45, 2.75) is 44.2 Å². The molecule has 3 rings (SSSR count). The maximum absolute atomic E-state index is 12.2. The Bertz CT molecular complexity index is 531. The van der Waals surface area contributed by atoms with Crippen molar-refractivity contribution in [1.29, 1.82) is 0 Å². The van der Waals surface area contributed by atoms with E-state index in [0.29, 0.717) is 6.54 Å². The first-order valence-corrected chi connectivity index (χ1v) is 9.14. The van der Waals surface area contributed by atoms with E-state index in [1.54, 1.807) is 0 Å². The van der Waals surface area contributed by atoms with Gasteiger partial charge in [-0.25, -0.2) is 4.79 Å². The standard InChI is InChI=1S/C18H30N4O2/c1-21-9-5-6-16(21)14-19-17(23)20-15-18(7-3-2-4-8-18)22-10-12-24-13-11-22/h5-6,9H,2-4,7-8,10-15H2,1H3,(H2,19,20,23). The Hall–Kier alpha value is -1.53. The predicted molar refractivity (Wildman–Crippen MR) is 93.9 cm³/mol. The van der Waals surface area contributed by atoms with Crippen molar-refractivity contribution in [3.05, 3.63) is 24.0 Å². The van der Waals surface area contributed by atoms with Gasteiger partial charge in [-0.1, -0.05) is 19.3 Å². The van der Waals surface area contributed by atoms with E-state index in [9.17, 15) is 4.79 Å². The molecule has 1 aliphatic heterocycles. The zero-order chi connectivity index (χ0) is 16.8. The third-order valence-electron chi connectivity index (χ3n) is 5.53. The van der Waals surface area contributed by atoms with Gasteiger partial charge in [-0.15, -0.1) is 0 Å². The molecule has 2 heterocycles. The summed E-state index contributed by atoms with van der Waals surface area (Å²) in [6.07, 6.45) is 8.15. The SMILES string of the molecule is Cn1cccc1CNC(=O)NCC1(N2CCOCC2)CCCCC1. The summed E-state index contributed by atoms with van der Waals surface area (Å²) in [5.74, 6) is 0. The fourth-order valence-corrected chi connectivity index (χ4v) is 4.01. The molecule has 1 aromatic heterocycles. The molecule has 6 nitrogen and oxygen atoms in total. The lowest BCUT2D eigenvalue weighted by Crippen LogP contribution is -2.60. The second kappa shape index (κ2) is 8.03. The summed E-state index contributed by atoms with van der Waals surface area (Å²) in [6, 6.07) is 3.94. The van der Waals surface area contributed by atoms with Crippen LogP contribution in [0.25, 0.3) is 0 Å². The monoisotopic (exact) mass is 334 g/mol. The average molecular weight is 334 g/mol. The highest BCUT2D eigenvalue weighted by atomic mass is 16.5. The number of hydrogen-bond acceptors (Lipinski definition) is 3. The molecular formula is C18H30N4O2. The van der Waals surface area contributed by atoms with Gasteiger partial charge in [0.15, 0.2) is 0 Å². The lowest BCUT2D eigenvalue weighted by atomic mass is 9.80. The van der Waals surface area contributed by atoms with Crippen LogP contribution in [0, 0.1) is 0 Å². The molecular weight excluding hydrogens is 304 g/mol. The van der Waals surface area contributed by atoms with Crippen LogP contribution < -0.4 is 10.6 Å². The quantitative estimate of drug-likeness (QED) is 0.864. The Balaban J connectivity index is 1.53. The molecule has 1 aromatic rings. The van der Waals surface area contributed by atoms with Crippen molar-refractivity contribution in [3.8, 4) is 0 Å². The van der Waals surface area contributed by atoms with E-state index in [4.69, 9.17) is 4.74 Å². The van der Waals surface area contributed by atoms with Crippen LogP contribution in [-0.2, 0) is 18.3 Å². The summed E-state index contributed by atoms with van der Waals surface area (Å²) >= 11 is 0. The Labute approximate surface area is 144 Å². The van der Waals surface area contributed by atoms with Gasteiger partial charge in [0, 0.05) is 44.1 Å². The molecule has 1 saturated heterocycles. The first-order valence-electron chi connectivity index (χ1n) is 9.14. The van der Waals surface area contributed by atoms with E-state index in [2.05, 4.69) is 15.5 Å². The van der Waals surface area contributed by atoms with Crippen molar-refractivity contribution in [2.24, 2.45) is 7.05 Å².